The minimum absolute atomic E-state index is 0.421. The molecule has 0 saturated carbocycles. The summed E-state index contributed by atoms with van der Waals surface area (Å²) in [7, 11) is 0. The van der Waals surface area contributed by atoms with Crippen molar-refractivity contribution in [1.82, 2.24) is 5.48 Å². The van der Waals surface area contributed by atoms with E-state index in [1.807, 2.05) is 5.48 Å². The molecule has 0 radical (unpaired) electrons. The standard InChI is InChI=1S/C6H12N4O/c1-5(3-4-8-7)9-6(2)10-11/h3-4,11H,7H2,1-2H3,(H,9,10)/b5-3+,8-4?. The molecule has 62 valence electrons. The molecule has 0 aliphatic heterocycles. The molecule has 0 fully saturated rings. The normalized spacial score (nSPS) is 14.1. The molecule has 0 unspecified atom stereocenters. The molecule has 0 bridgehead atoms. The first-order chi connectivity index (χ1) is 5.20. The van der Waals surface area contributed by atoms with Crippen molar-refractivity contribution in [2.45, 2.75) is 13.8 Å². The van der Waals surface area contributed by atoms with E-state index in [2.05, 4.69) is 10.1 Å². The second kappa shape index (κ2) is 5.43. The van der Waals surface area contributed by atoms with Gasteiger partial charge in [0.1, 0.15) is 5.84 Å². The van der Waals surface area contributed by atoms with Crippen LogP contribution in [0.1, 0.15) is 13.8 Å². The Morgan fingerprint density at radius 2 is 2.18 bits per heavy atom. The molecular formula is C6H12N4O. The highest BCUT2D eigenvalue weighted by Gasteiger charge is 1.85. The van der Waals surface area contributed by atoms with Crippen LogP contribution in [0.2, 0.25) is 0 Å². The number of nitrogens with two attached hydrogens (primary N) is 1. The van der Waals surface area contributed by atoms with Gasteiger partial charge < -0.3 is 5.84 Å². The Kier molecular flexibility index (Phi) is 4.76. The molecule has 0 rings (SSSR count). The Balaban J connectivity index is 4.14. The van der Waals surface area contributed by atoms with Gasteiger partial charge in [0.2, 0.25) is 0 Å². The van der Waals surface area contributed by atoms with Crippen LogP contribution in [0.4, 0.5) is 0 Å². The molecule has 0 saturated heterocycles. The van der Waals surface area contributed by atoms with Gasteiger partial charge in [-0.3, -0.25) is 10.7 Å². The summed E-state index contributed by atoms with van der Waals surface area (Å²) in [4.78, 5) is 3.90. The third-order valence-electron chi connectivity index (χ3n) is 0.908. The minimum atomic E-state index is 0.421. The maximum Gasteiger partial charge on any atom is 0.122 e. The van der Waals surface area contributed by atoms with Gasteiger partial charge in [-0.2, -0.15) is 5.10 Å². The summed E-state index contributed by atoms with van der Waals surface area (Å²) < 4.78 is 0. The van der Waals surface area contributed by atoms with E-state index >= 15 is 0 Å². The topological polar surface area (TPSA) is 83.0 Å². The highest BCUT2D eigenvalue weighted by Crippen LogP contribution is 1.91. The van der Waals surface area contributed by atoms with Gasteiger partial charge in [0.05, 0.1) is 0 Å². The maximum absolute atomic E-state index is 8.34. The SMILES string of the molecule is CC(=N/C(C)=C/C=NN)NO. The van der Waals surface area contributed by atoms with E-state index in [1.54, 1.807) is 19.9 Å². The van der Waals surface area contributed by atoms with Crippen LogP contribution < -0.4 is 11.3 Å². The van der Waals surface area contributed by atoms with Gasteiger partial charge in [0, 0.05) is 11.9 Å². The number of hydrazone groups is 1. The Morgan fingerprint density at radius 3 is 2.64 bits per heavy atom. The van der Waals surface area contributed by atoms with E-state index in [9.17, 15) is 0 Å². The molecule has 0 aromatic rings. The average molecular weight is 156 g/mol. The van der Waals surface area contributed by atoms with Crippen molar-refractivity contribution in [2.75, 3.05) is 0 Å². The van der Waals surface area contributed by atoms with Crippen molar-refractivity contribution in [2.24, 2.45) is 15.9 Å². The van der Waals surface area contributed by atoms with Crippen LogP contribution in [0.3, 0.4) is 0 Å². The van der Waals surface area contributed by atoms with E-state index in [4.69, 9.17) is 11.0 Å². The second-order valence-corrected chi connectivity index (χ2v) is 1.92. The predicted octanol–water partition coefficient (Wildman–Crippen LogP) is 0.232. The van der Waals surface area contributed by atoms with Crippen molar-refractivity contribution in [3.05, 3.63) is 11.8 Å². The van der Waals surface area contributed by atoms with Crippen LogP contribution in [-0.2, 0) is 0 Å². The second-order valence-electron chi connectivity index (χ2n) is 1.92. The van der Waals surface area contributed by atoms with E-state index in [-0.39, 0.29) is 0 Å². The molecule has 0 heterocycles. The number of allylic oxidation sites excluding steroid dienone is 2. The fourth-order valence-corrected chi connectivity index (χ4v) is 0.478. The molecule has 11 heavy (non-hydrogen) atoms. The van der Waals surface area contributed by atoms with Gasteiger partial charge in [-0.1, -0.05) is 0 Å². The number of aliphatic imine (C=N–C) groups is 1. The average Bonchev–Trinajstić information content (AvgIpc) is 2.00. The van der Waals surface area contributed by atoms with Gasteiger partial charge in [0.15, 0.2) is 0 Å². The summed E-state index contributed by atoms with van der Waals surface area (Å²) in [5, 5.41) is 11.6. The smallest absolute Gasteiger partial charge is 0.122 e. The molecule has 4 N–H and O–H groups in total. The van der Waals surface area contributed by atoms with E-state index in [1.165, 1.54) is 6.21 Å². The molecule has 0 aromatic carbocycles. The number of nitrogens with one attached hydrogen (secondary N) is 1. The van der Waals surface area contributed by atoms with Crippen LogP contribution >= 0.6 is 0 Å². The van der Waals surface area contributed by atoms with E-state index in [0.29, 0.717) is 11.5 Å². The number of hydroxylamine groups is 1. The van der Waals surface area contributed by atoms with Crippen LogP contribution in [-0.4, -0.2) is 17.3 Å². The molecule has 0 atom stereocenters. The number of amidine groups is 1. The van der Waals surface area contributed by atoms with Crippen molar-refractivity contribution >= 4 is 12.1 Å². The molecule has 5 nitrogen and oxygen atoms in total. The fourth-order valence-electron chi connectivity index (χ4n) is 0.478. The summed E-state index contributed by atoms with van der Waals surface area (Å²) in [6.45, 7) is 3.40. The van der Waals surface area contributed by atoms with Gasteiger partial charge >= 0.3 is 0 Å². The lowest BCUT2D eigenvalue weighted by Gasteiger charge is -1.95. The summed E-state index contributed by atoms with van der Waals surface area (Å²) in [6.07, 6.45) is 3.05. The maximum atomic E-state index is 8.34. The third kappa shape index (κ3) is 5.10. The van der Waals surface area contributed by atoms with Crippen LogP contribution in [0.5, 0.6) is 0 Å². The summed E-state index contributed by atoms with van der Waals surface area (Å²) >= 11 is 0. The first-order valence-electron chi connectivity index (χ1n) is 3.06. The summed E-state index contributed by atoms with van der Waals surface area (Å²) in [6, 6.07) is 0. The van der Waals surface area contributed by atoms with E-state index in [0.717, 1.165) is 0 Å². The van der Waals surface area contributed by atoms with Crippen LogP contribution in [0, 0.1) is 0 Å². The van der Waals surface area contributed by atoms with Gasteiger partial charge in [-0.05, 0) is 19.9 Å². The summed E-state index contributed by atoms with van der Waals surface area (Å²) in [5.74, 6) is 5.27. The van der Waals surface area contributed by atoms with Crippen molar-refractivity contribution in [3.8, 4) is 0 Å². The highest BCUT2D eigenvalue weighted by atomic mass is 16.5. The lowest BCUT2D eigenvalue weighted by molar-refractivity contribution is 0.233. The number of rotatable bonds is 2. The number of nitrogens with zero attached hydrogens (tertiary/aromatic N) is 2. The first kappa shape index (κ1) is 9.64. The molecule has 5 heteroatoms. The lowest BCUT2D eigenvalue weighted by Crippen LogP contribution is -2.14. The zero-order chi connectivity index (χ0) is 8.69. The van der Waals surface area contributed by atoms with Crippen LogP contribution in [0.25, 0.3) is 0 Å². The molecule has 0 amide bonds. The minimum Gasteiger partial charge on any atom is -0.323 e. The zero-order valence-electron chi connectivity index (χ0n) is 6.57. The molecule has 0 spiro atoms. The highest BCUT2D eigenvalue weighted by molar-refractivity contribution is 5.80. The Morgan fingerprint density at radius 1 is 1.55 bits per heavy atom. The van der Waals surface area contributed by atoms with Crippen molar-refractivity contribution in [3.63, 3.8) is 0 Å². The van der Waals surface area contributed by atoms with Gasteiger partial charge in [-0.25, -0.2) is 4.99 Å². The predicted molar refractivity (Wildman–Crippen MR) is 44.5 cm³/mol. The Labute approximate surface area is 65.3 Å². The quantitative estimate of drug-likeness (QED) is 0.231. The Hall–Kier alpha value is -1.36. The zero-order valence-corrected chi connectivity index (χ0v) is 6.57. The van der Waals surface area contributed by atoms with Crippen molar-refractivity contribution < 1.29 is 5.21 Å². The van der Waals surface area contributed by atoms with E-state index < -0.39 is 0 Å². The monoisotopic (exact) mass is 156 g/mol. The lowest BCUT2D eigenvalue weighted by atomic mass is 10.4. The molecule has 0 aliphatic carbocycles. The molecule has 0 aliphatic rings. The third-order valence-corrected chi connectivity index (χ3v) is 0.908. The fraction of sp³-hybridized carbons (Fsp3) is 0.333. The van der Waals surface area contributed by atoms with Crippen LogP contribution in [0.15, 0.2) is 21.9 Å². The van der Waals surface area contributed by atoms with Crippen molar-refractivity contribution in [1.29, 1.82) is 0 Å². The first-order valence-corrected chi connectivity index (χ1v) is 3.06. The number of hydrogen-bond donors (Lipinski definition) is 3. The number of hydrogen-bond acceptors (Lipinski definition) is 4. The molecule has 0 aromatic heterocycles. The molecular weight excluding hydrogens is 144 g/mol. The van der Waals surface area contributed by atoms with Gasteiger partial charge in [0.25, 0.3) is 0 Å². The van der Waals surface area contributed by atoms with Gasteiger partial charge in [-0.15, -0.1) is 0 Å². The Bertz CT molecular complexity index is 195. The largest absolute Gasteiger partial charge is 0.323 e. The summed E-state index contributed by atoms with van der Waals surface area (Å²) in [5.41, 5.74) is 2.61.